The molecule has 0 aromatic heterocycles. The van der Waals surface area contributed by atoms with E-state index >= 15 is 0 Å². The summed E-state index contributed by atoms with van der Waals surface area (Å²) in [5.41, 5.74) is 4.29. The number of benzene rings is 2. The van der Waals surface area contributed by atoms with E-state index in [1.54, 1.807) is 4.90 Å². The van der Waals surface area contributed by atoms with Crippen molar-refractivity contribution in [2.75, 3.05) is 0 Å². The Hall–Kier alpha value is -2.62. The number of amides is 2. The minimum absolute atomic E-state index is 0.0231. The van der Waals surface area contributed by atoms with Crippen LogP contribution in [0.25, 0.3) is 0 Å². The van der Waals surface area contributed by atoms with Crippen molar-refractivity contribution in [1.29, 1.82) is 0 Å². The molecular weight excluding hydrogens is 360 g/mol. The summed E-state index contributed by atoms with van der Waals surface area (Å²) in [6, 6.07) is 15.6. The number of carbonyl (C=O) groups is 2. The van der Waals surface area contributed by atoms with E-state index < -0.39 is 6.04 Å². The lowest BCUT2D eigenvalue weighted by atomic mass is 10.0. The Kier molecular flexibility index (Phi) is 8.44. The Morgan fingerprint density at radius 3 is 2.34 bits per heavy atom. The summed E-state index contributed by atoms with van der Waals surface area (Å²) in [6.07, 6.45) is 1.73. The van der Waals surface area contributed by atoms with Crippen LogP contribution in [0.1, 0.15) is 55.9 Å². The summed E-state index contributed by atoms with van der Waals surface area (Å²) >= 11 is 0. The Morgan fingerprint density at radius 2 is 1.72 bits per heavy atom. The van der Waals surface area contributed by atoms with Crippen molar-refractivity contribution in [2.45, 2.75) is 72.5 Å². The number of carbonyl (C=O) groups excluding carboxylic acids is 2. The molecule has 0 aliphatic heterocycles. The second-order valence-corrected chi connectivity index (χ2v) is 7.86. The second kappa shape index (κ2) is 10.8. The highest BCUT2D eigenvalue weighted by atomic mass is 16.2. The summed E-state index contributed by atoms with van der Waals surface area (Å²) in [5.74, 6) is -0.0990. The van der Waals surface area contributed by atoms with Gasteiger partial charge >= 0.3 is 0 Å². The number of nitrogens with zero attached hydrogens (tertiary/aromatic N) is 1. The monoisotopic (exact) mass is 394 g/mol. The van der Waals surface area contributed by atoms with Gasteiger partial charge < -0.3 is 10.2 Å². The van der Waals surface area contributed by atoms with Crippen LogP contribution in [0.3, 0.4) is 0 Å². The predicted molar refractivity (Wildman–Crippen MR) is 119 cm³/mol. The zero-order valence-electron chi connectivity index (χ0n) is 18.4. The molecule has 156 valence electrons. The van der Waals surface area contributed by atoms with Crippen molar-refractivity contribution >= 4 is 11.8 Å². The van der Waals surface area contributed by atoms with Crippen LogP contribution in [0.15, 0.2) is 48.5 Å². The molecule has 4 heteroatoms. The third-order valence-corrected chi connectivity index (χ3v) is 5.43. The SMILES string of the molecule is CC[C@H](C)NC(=O)[C@H](CC)N(Cc1ccccc1C)C(=O)Cc1cccc(C)c1. The maximum Gasteiger partial charge on any atom is 0.243 e. The molecule has 0 radical (unpaired) electrons. The molecule has 2 aromatic carbocycles. The topological polar surface area (TPSA) is 49.4 Å². The van der Waals surface area contributed by atoms with Crippen LogP contribution in [-0.4, -0.2) is 28.8 Å². The van der Waals surface area contributed by atoms with Crippen molar-refractivity contribution in [1.82, 2.24) is 10.2 Å². The summed E-state index contributed by atoms with van der Waals surface area (Å²) in [7, 11) is 0. The lowest BCUT2D eigenvalue weighted by Crippen LogP contribution is -2.51. The Morgan fingerprint density at radius 1 is 1.00 bits per heavy atom. The highest BCUT2D eigenvalue weighted by Gasteiger charge is 2.29. The van der Waals surface area contributed by atoms with Crippen LogP contribution >= 0.6 is 0 Å². The highest BCUT2D eigenvalue weighted by Crippen LogP contribution is 2.17. The second-order valence-electron chi connectivity index (χ2n) is 7.86. The normalized spacial score (nSPS) is 12.9. The molecule has 0 aliphatic rings. The van der Waals surface area contributed by atoms with Crippen molar-refractivity contribution in [2.24, 2.45) is 0 Å². The van der Waals surface area contributed by atoms with Crippen molar-refractivity contribution in [3.63, 3.8) is 0 Å². The van der Waals surface area contributed by atoms with Gasteiger partial charge in [0.15, 0.2) is 0 Å². The van der Waals surface area contributed by atoms with Crippen LogP contribution in [0.4, 0.5) is 0 Å². The predicted octanol–water partition coefficient (Wildman–Crippen LogP) is 4.57. The van der Waals surface area contributed by atoms with E-state index in [0.29, 0.717) is 19.4 Å². The van der Waals surface area contributed by atoms with Crippen LogP contribution in [0, 0.1) is 13.8 Å². The van der Waals surface area contributed by atoms with E-state index in [0.717, 1.165) is 28.7 Å². The van der Waals surface area contributed by atoms with Crippen molar-refractivity contribution in [3.05, 3.63) is 70.8 Å². The van der Waals surface area contributed by atoms with Gasteiger partial charge in [-0.05, 0) is 50.3 Å². The van der Waals surface area contributed by atoms with E-state index in [-0.39, 0.29) is 17.9 Å². The largest absolute Gasteiger partial charge is 0.352 e. The van der Waals surface area contributed by atoms with Gasteiger partial charge in [-0.1, -0.05) is 67.9 Å². The molecule has 0 aliphatic carbocycles. The average Bonchev–Trinajstić information content (AvgIpc) is 2.69. The van der Waals surface area contributed by atoms with Crippen LogP contribution < -0.4 is 5.32 Å². The number of aryl methyl sites for hydroxylation is 2. The zero-order chi connectivity index (χ0) is 21.4. The first kappa shape index (κ1) is 22.7. The van der Waals surface area contributed by atoms with Gasteiger partial charge in [-0.25, -0.2) is 0 Å². The number of hydrogen-bond donors (Lipinski definition) is 1. The van der Waals surface area contributed by atoms with Crippen LogP contribution in [-0.2, 0) is 22.6 Å². The minimum atomic E-state index is -0.485. The van der Waals surface area contributed by atoms with Gasteiger partial charge in [0.2, 0.25) is 11.8 Å². The number of hydrogen-bond acceptors (Lipinski definition) is 2. The van der Waals surface area contributed by atoms with Gasteiger partial charge in [0.25, 0.3) is 0 Å². The third-order valence-electron chi connectivity index (χ3n) is 5.43. The fourth-order valence-corrected chi connectivity index (χ4v) is 3.43. The molecule has 2 atom stereocenters. The summed E-state index contributed by atoms with van der Waals surface area (Å²) in [4.78, 5) is 28.1. The lowest BCUT2D eigenvalue weighted by molar-refractivity contribution is -0.141. The van der Waals surface area contributed by atoms with Crippen molar-refractivity contribution in [3.8, 4) is 0 Å². The molecule has 4 nitrogen and oxygen atoms in total. The van der Waals surface area contributed by atoms with E-state index in [2.05, 4.69) is 5.32 Å². The molecule has 0 saturated carbocycles. The number of nitrogens with one attached hydrogen (secondary N) is 1. The Labute approximate surface area is 175 Å². The molecule has 0 spiro atoms. The molecule has 2 amide bonds. The fourth-order valence-electron chi connectivity index (χ4n) is 3.43. The van der Waals surface area contributed by atoms with Gasteiger partial charge in [-0.3, -0.25) is 9.59 Å². The van der Waals surface area contributed by atoms with E-state index in [1.165, 1.54) is 0 Å². The van der Waals surface area contributed by atoms with Crippen LogP contribution in [0.2, 0.25) is 0 Å². The fraction of sp³-hybridized carbons (Fsp3) is 0.440. The molecule has 2 rings (SSSR count). The molecule has 2 aromatic rings. The molecule has 1 N–H and O–H groups in total. The number of rotatable bonds is 9. The van der Waals surface area contributed by atoms with E-state index in [9.17, 15) is 9.59 Å². The zero-order valence-corrected chi connectivity index (χ0v) is 18.4. The average molecular weight is 395 g/mol. The first-order valence-electron chi connectivity index (χ1n) is 10.6. The maximum absolute atomic E-state index is 13.3. The van der Waals surface area contributed by atoms with E-state index in [1.807, 2.05) is 83.1 Å². The lowest BCUT2D eigenvalue weighted by Gasteiger charge is -2.32. The molecule has 0 heterocycles. The van der Waals surface area contributed by atoms with Gasteiger partial charge in [-0.15, -0.1) is 0 Å². The molecule has 0 unspecified atom stereocenters. The Balaban J connectivity index is 2.31. The summed E-state index contributed by atoms with van der Waals surface area (Å²) in [5, 5.41) is 3.06. The quantitative estimate of drug-likeness (QED) is 0.677. The first-order chi connectivity index (χ1) is 13.8. The van der Waals surface area contributed by atoms with Crippen LogP contribution in [0.5, 0.6) is 0 Å². The first-order valence-corrected chi connectivity index (χ1v) is 10.6. The smallest absolute Gasteiger partial charge is 0.243 e. The molecule has 0 saturated heterocycles. The molecule has 0 bridgehead atoms. The maximum atomic E-state index is 13.3. The van der Waals surface area contributed by atoms with Gasteiger partial charge in [0, 0.05) is 12.6 Å². The van der Waals surface area contributed by atoms with E-state index in [4.69, 9.17) is 0 Å². The third kappa shape index (κ3) is 6.45. The Bertz CT molecular complexity index is 831. The molecular formula is C25H34N2O2. The van der Waals surface area contributed by atoms with Gasteiger partial charge in [-0.2, -0.15) is 0 Å². The summed E-state index contributed by atoms with van der Waals surface area (Å²) in [6.45, 7) is 10.5. The van der Waals surface area contributed by atoms with Crippen molar-refractivity contribution < 1.29 is 9.59 Å². The standard InChI is InChI=1S/C25H34N2O2/c1-6-20(5)26-25(29)23(7-2)27(17-22-14-9-8-12-19(22)4)24(28)16-21-13-10-11-18(3)15-21/h8-15,20,23H,6-7,16-17H2,1-5H3,(H,26,29)/t20-,23-/m0/s1. The molecule has 0 fully saturated rings. The molecule has 29 heavy (non-hydrogen) atoms. The summed E-state index contributed by atoms with van der Waals surface area (Å²) < 4.78 is 0. The highest BCUT2D eigenvalue weighted by molar-refractivity contribution is 5.88. The van der Waals surface area contributed by atoms with Gasteiger partial charge in [0.1, 0.15) is 6.04 Å². The van der Waals surface area contributed by atoms with Gasteiger partial charge in [0.05, 0.1) is 6.42 Å². The minimum Gasteiger partial charge on any atom is -0.352 e.